The van der Waals surface area contributed by atoms with E-state index in [0.717, 1.165) is 0 Å². The Morgan fingerprint density at radius 3 is 2.70 bits per heavy atom. The topological polar surface area (TPSA) is 68.2 Å². The molecule has 0 bridgehead atoms. The summed E-state index contributed by atoms with van der Waals surface area (Å²) in [7, 11) is 0. The first-order valence-electron chi connectivity index (χ1n) is 8.16. The summed E-state index contributed by atoms with van der Waals surface area (Å²) in [4.78, 5) is 12.8. The molecule has 27 heavy (non-hydrogen) atoms. The summed E-state index contributed by atoms with van der Waals surface area (Å²) in [5, 5.41) is 6.61. The fourth-order valence-electron chi connectivity index (χ4n) is 2.83. The van der Waals surface area contributed by atoms with Gasteiger partial charge < -0.3 is 13.6 Å². The molecule has 0 saturated carbocycles. The second kappa shape index (κ2) is 7.50. The van der Waals surface area contributed by atoms with E-state index in [1.807, 2.05) is 6.07 Å². The minimum Gasteiger partial charge on any atom is -0.482 e. The minimum atomic E-state index is -0.364. The third-order valence-corrected chi connectivity index (χ3v) is 4.62. The molecule has 1 amide bonds. The molecule has 1 unspecified atom stereocenters. The number of rotatable bonds is 5. The summed E-state index contributed by atoms with van der Waals surface area (Å²) in [6.45, 7) is -0.229. The highest BCUT2D eigenvalue weighted by Gasteiger charge is 2.35. The van der Waals surface area contributed by atoms with Crippen molar-refractivity contribution in [3.8, 4) is 5.75 Å². The van der Waals surface area contributed by atoms with Crippen molar-refractivity contribution in [2.75, 3.05) is 6.61 Å². The number of hydrogen-bond donors (Lipinski definition) is 0. The predicted octanol–water partition coefficient (Wildman–Crippen LogP) is 4.94. The Bertz CT molecular complexity index is 968. The lowest BCUT2D eigenvalue weighted by Crippen LogP contribution is -2.31. The molecule has 0 radical (unpaired) electrons. The van der Waals surface area contributed by atoms with Crippen LogP contribution in [-0.2, 0) is 4.79 Å². The van der Waals surface area contributed by atoms with Crippen LogP contribution in [0.2, 0.25) is 10.0 Å². The summed E-state index contributed by atoms with van der Waals surface area (Å²) < 4.78 is 16.4. The van der Waals surface area contributed by atoms with Crippen LogP contribution in [0.4, 0.5) is 0 Å². The molecule has 0 saturated heterocycles. The first-order valence-corrected chi connectivity index (χ1v) is 8.92. The van der Waals surface area contributed by atoms with Gasteiger partial charge in [-0.05, 0) is 42.5 Å². The lowest BCUT2D eigenvalue weighted by atomic mass is 10.1. The van der Waals surface area contributed by atoms with Crippen LogP contribution in [0.3, 0.4) is 0 Å². The summed E-state index contributed by atoms with van der Waals surface area (Å²) in [5.74, 6) is 1.30. The Hall–Kier alpha value is -2.70. The van der Waals surface area contributed by atoms with Gasteiger partial charge in [-0.3, -0.25) is 4.79 Å². The van der Waals surface area contributed by atoms with E-state index in [2.05, 4.69) is 5.10 Å². The number of benzene rings is 1. The largest absolute Gasteiger partial charge is 0.482 e. The van der Waals surface area contributed by atoms with Gasteiger partial charge in [0.15, 0.2) is 6.61 Å². The van der Waals surface area contributed by atoms with Crippen molar-refractivity contribution >= 4 is 34.8 Å². The highest BCUT2D eigenvalue weighted by molar-refractivity contribution is 6.35. The Balaban J connectivity index is 1.53. The van der Waals surface area contributed by atoms with E-state index in [1.54, 1.807) is 48.9 Å². The van der Waals surface area contributed by atoms with Crippen LogP contribution in [0.1, 0.15) is 24.0 Å². The summed E-state index contributed by atoms with van der Waals surface area (Å²) in [6, 6.07) is 11.6. The molecule has 3 heterocycles. The fraction of sp³-hybridized carbons (Fsp3) is 0.158. The molecule has 138 valence electrons. The monoisotopic (exact) mass is 404 g/mol. The normalized spacial score (nSPS) is 16.4. The summed E-state index contributed by atoms with van der Waals surface area (Å²) in [6.07, 6.45) is 3.61. The van der Waals surface area contributed by atoms with Crippen LogP contribution in [0.5, 0.6) is 5.75 Å². The average molecular weight is 405 g/mol. The number of amides is 1. The lowest BCUT2D eigenvalue weighted by molar-refractivity contribution is -0.135. The number of nitrogens with zero attached hydrogens (tertiary/aromatic N) is 2. The molecule has 4 rings (SSSR count). The molecular formula is C19H14Cl2N2O4. The molecule has 1 aromatic carbocycles. The molecule has 3 aromatic rings. The van der Waals surface area contributed by atoms with Gasteiger partial charge in [-0.25, -0.2) is 5.01 Å². The Morgan fingerprint density at radius 2 is 2.00 bits per heavy atom. The highest BCUT2D eigenvalue weighted by Crippen LogP contribution is 2.33. The molecule has 8 heteroatoms. The average Bonchev–Trinajstić information content (AvgIpc) is 3.40. The predicted molar refractivity (Wildman–Crippen MR) is 100 cm³/mol. The molecule has 0 spiro atoms. The van der Waals surface area contributed by atoms with Crippen LogP contribution in [0, 0.1) is 0 Å². The third-order valence-electron chi connectivity index (χ3n) is 4.09. The molecule has 1 aliphatic heterocycles. The van der Waals surface area contributed by atoms with E-state index in [9.17, 15) is 4.79 Å². The van der Waals surface area contributed by atoms with Crippen molar-refractivity contribution in [3.05, 3.63) is 76.6 Å². The van der Waals surface area contributed by atoms with Gasteiger partial charge in [0.1, 0.15) is 29.0 Å². The van der Waals surface area contributed by atoms with Gasteiger partial charge in [-0.1, -0.05) is 23.2 Å². The van der Waals surface area contributed by atoms with Crippen molar-refractivity contribution in [3.63, 3.8) is 0 Å². The van der Waals surface area contributed by atoms with Crippen LogP contribution in [-0.4, -0.2) is 23.2 Å². The quantitative estimate of drug-likeness (QED) is 0.603. The molecule has 2 aromatic heterocycles. The zero-order valence-corrected chi connectivity index (χ0v) is 15.5. The standard InChI is InChI=1S/C19H14Cl2N2O4/c20-12-5-6-16(13(21)9-12)27-11-19(24)23-15(18-4-2-8-26-18)10-14(22-23)17-3-1-7-25-17/h1-9,15H,10-11H2. The van der Waals surface area contributed by atoms with Crippen LogP contribution >= 0.6 is 23.2 Å². The van der Waals surface area contributed by atoms with Crippen LogP contribution in [0.15, 0.2) is 68.9 Å². The first-order chi connectivity index (χ1) is 13.1. The number of hydrogen-bond acceptors (Lipinski definition) is 5. The fourth-order valence-corrected chi connectivity index (χ4v) is 3.30. The first kappa shape index (κ1) is 17.7. The van der Waals surface area contributed by atoms with E-state index in [1.165, 1.54) is 5.01 Å². The Kier molecular flexibility index (Phi) is 4.92. The van der Waals surface area contributed by atoms with E-state index in [-0.39, 0.29) is 18.6 Å². The van der Waals surface area contributed by atoms with E-state index < -0.39 is 0 Å². The van der Waals surface area contributed by atoms with Gasteiger partial charge in [0.05, 0.1) is 17.5 Å². The maximum absolute atomic E-state index is 12.8. The number of hydrazone groups is 1. The van der Waals surface area contributed by atoms with Crippen molar-refractivity contribution < 1.29 is 18.4 Å². The molecule has 0 N–H and O–H groups in total. The molecule has 1 atom stereocenters. The van der Waals surface area contributed by atoms with E-state index >= 15 is 0 Å². The zero-order valence-electron chi connectivity index (χ0n) is 14.0. The SMILES string of the molecule is O=C(COc1ccc(Cl)cc1Cl)N1N=C(c2ccco2)CC1c1ccco1. The number of halogens is 2. The van der Waals surface area contributed by atoms with Gasteiger partial charge in [0, 0.05) is 11.4 Å². The van der Waals surface area contributed by atoms with Crippen molar-refractivity contribution in [1.29, 1.82) is 0 Å². The molecule has 0 fully saturated rings. The van der Waals surface area contributed by atoms with Gasteiger partial charge in [0.2, 0.25) is 0 Å². The Labute approximate surface area is 164 Å². The van der Waals surface area contributed by atoms with Gasteiger partial charge in [-0.15, -0.1) is 0 Å². The van der Waals surface area contributed by atoms with E-state index in [0.29, 0.717) is 39.4 Å². The molecule has 6 nitrogen and oxygen atoms in total. The van der Waals surface area contributed by atoms with Gasteiger partial charge >= 0.3 is 0 Å². The van der Waals surface area contributed by atoms with Gasteiger partial charge in [0.25, 0.3) is 5.91 Å². The third kappa shape index (κ3) is 3.72. The van der Waals surface area contributed by atoms with Crippen molar-refractivity contribution in [1.82, 2.24) is 5.01 Å². The second-order valence-corrected chi connectivity index (χ2v) is 6.70. The van der Waals surface area contributed by atoms with E-state index in [4.69, 9.17) is 36.8 Å². The minimum absolute atomic E-state index is 0.229. The van der Waals surface area contributed by atoms with Gasteiger partial charge in [-0.2, -0.15) is 5.10 Å². The number of ether oxygens (including phenoxy) is 1. The smallest absolute Gasteiger partial charge is 0.281 e. The Morgan fingerprint density at radius 1 is 1.19 bits per heavy atom. The molecular weight excluding hydrogens is 391 g/mol. The molecule has 1 aliphatic rings. The van der Waals surface area contributed by atoms with Crippen molar-refractivity contribution in [2.45, 2.75) is 12.5 Å². The maximum atomic E-state index is 12.8. The zero-order chi connectivity index (χ0) is 18.8. The summed E-state index contributed by atoms with van der Waals surface area (Å²) in [5.41, 5.74) is 0.666. The number of carbonyl (C=O) groups excluding carboxylic acids is 1. The second-order valence-electron chi connectivity index (χ2n) is 5.86. The maximum Gasteiger partial charge on any atom is 0.281 e. The van der Waals surface area contributed by atoms with Crippen LogP contribution in [0.25, 0.3) is 0 Å². The van der Waals surface area contributed by atoms with Crippen molar-refractivity contribution in [2.24, 2.45) is 5.10 Å². The number of furan rings is 2. The highest BCUT2D eigenvalue weighted by atomic mass is 35.5. The molecule has 0 aliphatic carbocycles. The van der Waals surface area contributed by atoms with Crippen LogP contribution < -0.4 is 4.74 Å². The number of carbonyl (C=O) groups is 1. The lowest BCUT2D eigenvalue weighted by Gasteiger charge is -2.20. The summed E-state index contributed by atoms with van der Waals surface area (Å²) >= 11 is 12.0.